The second-order valence-corrected chi connectivity index (χ2v) is 5.22. The molecule has 1 aliphatic heterocycles. The molecule has 0 spiro atoms. The van der Waals surface area contributed by atoms with Crippen molar-refractivity contribution in [3.63, 3.8) is 0 Å². The molecule has 2 rings (SSSR count). The van der Waals surface area contributed by atoms with Crippen LogP contribution in [0.1, 0.15) is 0 Å². The zero-order valence-electron chi connectivity index (χ0n) is 10.5. The maximum atomic E-state index is 13.7. The summed E-state index contributed by atoms with van der Waals surface area (Å²) in [5.41, 5.74) is 6.31. The predicted molar refractivity (Wildman–Crippen MR) is 77.1 cm³/mol. The molecule has 0 fully saturated rings. The summed E-state index contributed by atoms with van der Waals surface area (Å²) >= 11 is 3.17. The number of benzene rings is 1. The Morgan fingerprint density at radius 3 is 2.95 bits per heavy atom. The zero-order chi connectivity index (χ0) is 14.7. The second-order valence-electron chi connectivity index (χ2n) is 4.30. The second kappa shape index (κ2) is 6.17. The molecule has 1 amide bonds. The first kappa shape index (κ1) is 14.7. The number of nitrogens with two attached hydrogens (primary N) is 1. The van der Waals surface area contributed by atoms with E-state index < -0.39 is 11.7 Å². The van der Waals surface area contributed by atoms with Gasteiger partial charge in [-0.15, -0.1) is 0 Å². The lowest BCUT2D eigenvalue weighted by molar-refractivity contribution is -0.785. The van der Waals surface area contributed by atoms with Crippen LogP contribution in [0.15, 0.2) is 46.1 Å². The minimum atomic E-state index is -0.664. The van der Waals surface area contributed by atoms with Gasteiger partial charge in [0, 0.05) is 11.0 Å². The van der Waals surface area contributed by atoms with Crippen LogP contribution >= 0.6 is 15.9 Å². The number of hydrogen-bond acceptors (Lipinski definition) is 3. The monoisotopic (exact) mass is 341 g/mol. The van der Waals surface area contributed by atoms with Crippen molar-refractivity contribution in [3.8, 4) is 0 Å². The van der Waals surface area contributed by atoms with Crippen molar-refractivity contribution in [2.24, 2.45) is 5.73 Å². The third-order valence-electron chi connectivity index (χ3n) is 2.87. The summed E-state index contributed by atoms with van der Waals surface area (Å²) in [6.45, 7) is 0.442. The number of carbonyl (C=O) groups excluding carboxylic acids is 1. The van der Waals surface area contributed by atoms with Crippen molar-refractivity contribution >= 4 is 27.5 Å². The van der Waals surface area contributed by atoms with Gasteiger partial charge < -0.3 is 21.3 Å². The van der Waals surface area contributed by atoms with Crippen LogP contribution in [0.25, 0.3) is 0 Å². The average molecular weight is 342 g/mol. The van der Waals surface area contributed by atoms with Crippen molar-refractivity contribution in [1.82, 2.24) is 0 Å². The van der Waals surface area contributed by atoms with Gasteiger partial charge in [0.05, 0.1) is 11.3 Å². The molecular weight excluding hydrogens is 329 g/mol. The van der Waals surface area contributed by atoms with Crippen LogP contribution in [0.2, 0.25) is 0 Å². The fourth-order valence-electron chi connectivity index (χ4n) is 1.87. The Morgan fingerprint density at radius 2 is 2.30 bits per heavy atom. The summed E-state index contributed by atoms with van der Waals surface area (Å²) < 4.78 is 14.3. The predicted octanol–water partition coefficient (Wildman–Crippen LogP) is 0.692. The van der Waals surface area contributed by atoms with Crippen molar-refractivity contribution in [1.29, 1.82) is 0 Å². The molecule has 4 N–H and O–H groups in total. The Balaban J connectivity index is 2.10. The summed E-state index contributed by atoms with van der Waals surface area (Å²) in [4.78, 5) is 11.3. The van der Waals surface area contributed by atoms with Gasteiger partial charge in [-0.2, -0.15) is 0 Å². The number of amides is 1. The highest BCUT2D eigenvalue weighted by Crippen LogP contribution is 2.20. The van der Waals surface area contributed by atoms with E-state index in [0.717, 1.165) is 0 Å². The smallest absolute Gasteiger partial charge is 0.254 e. The van der Waals surface area contributed by atoms with Gasteiger partial charge in [-0.3, -0.25) is 4.79 Å². The molecule has 5 nitrogen and oxygen atoms in total. The lowest BCUT2D eigenvalue weighted by Gasteiger charge is -2.23. The van der Waals surface area contributed by atoms with Crippen LogP contribution in [0.4, 0.5) is 10.1 Å². The number of nitrogens with one attached hydrogen (secondary N) is 2. The Labute approximate surface area is 123 Å². The van der Waals surface area contributed by atoms with Gasteiger partial charge in [-0.1, -0.05) is 15.9 Å². The first-order valence-corrected chi connectivity index (χ1v) is 6.69. The summed E-state index contributed by atoms with van der Waals surface area (Å²) in [5, 5.41) is 14.0. The van der Waals surface area contributed by atoms with E-state index in [-0.39, 0.29) is 23.7 Å². The van der Waals surface area contributed by atoms with Crippen LogP contribution in [0.3, 0.4) is 0 Å². The van der Waals surface area contributed by atoms with E-state index in [0.29, 0.717) is 15.7 Å². The number of carbonyl (C=O) groups is 1. The molecule has 1 aromatic rings. The molecule has 1 heterocycles. The molecule has 106 valence electrons. The van der Waals surface area contributed by atoms with E-state index in [9.17, 15) is 14.4 Å². The topological polar surface area (TPSA) is 82.6 Å². The van der Waals surface area contributed by atoms with Crippen LogP contribution < -0.4 is 16.1 Å². The summed E-state index contributed by atoms with van der Waals surface area (Å²) in [5.74, 6) is -1.07. The van der Waals surface area contributed by atoms with Gasteiger partial charge in [0.25, 0.3) is 5.91 Å². The number of hydrogen-bond donors (Lipinski definition) is 3. The van der Waals surface area contributed by atoms with Crippen molar-refractivity contribution in [3.05, 3.63) is 57.1 Å². The summed E-state index contributed by atoms with van der Waals surface area (Å²) in [6.07, 6.45) is 2.86. The molecular formula is C13H13BrFN3O2. The highest BCUT2D eigenvalue weighted by molar-refractivity contribution is 9.10. The minimum absolute atomic E-state index is 0.169. The molecule has 1 aromatic carbocycles. The first-order valence-electron chi connectivity index (χ1n) is 5.90. The van der Waals surface area contributed by atoms with E-state index in [1.54, 1.807) is 18.2 Å². The van der Waals surface area contributed by atoms with Gasteiger partial charge in [-0.05, 0) is 29.8 Å². The van der Waals surface area contributed by atoms with Crippen molar-refractivity contribution in [2.75, 3.05) is 18.4 Å². The maximum absolute atomic E-state index is 13.7. The Hall–Kier alpha value is -1.70. The van der Waals surface area contributed by atoms with E-state index in [1.807, 2.05) is 0 Å². The maximum Gasteiger partial charge on any atom is 0.254 e. The number of rotatable bonds is 4. The van der Waals surface area contributed by atoms with Gasteiger partial charge in [0.2, 0.25) is 0 Å². The normalized spacial score (nSPS) is 18.2. The van der Waals surface area contributed by atoms with Gasteiger partial charge in [0.15, 0.2) is 0 Å². The molecule has 1 atom stereocenters. The number of hydroxylamine groups is 2. The Morgan fingerprint density at radius 1 is 1.55 bits per heavy atom. The third-order valence-corrected chi connectivity index (χ3v) is 3.36. The van der Waals surface area contributed by atoms with Gasteiger partial charge >= 0.3 is 0 Å². The van der Waals surface area contributed by atoms with Crippen LogP contribution in [-0.2, 0) is 4.79 Å². The fourth-order valence-corrected chi connectivity index (χ4v) is 2.20. The number of halogens is 2. The molecule has 0 radical (unpaired) electrons. The van der Waals surface area contributed by atoms with E-state index in [4.69, 9.17) is 5.73 Å². The highest BCUT2D eigenvalue weighted by Gasteiger charge is 2.18. The molecule has 0 saturated heterocycles. The lowest BCUT2D eigenvalue weighted by Crippen LogP contribution is -3.02. The largest absolute Gasteiger partial charge is 0.629 e. The van der Waals surface area contributed by atoms with E-state index in [2.05, 4.69) is 21.2 Å². The molecule has 0 bridgehead atoms. The highest BCUT2D eigenvalue weighted by atomic mass is 79.9. The average Bonchev–Trinajstić information content (AvgIpc) is 2.38. The van der Waals surface area contributed by atoms with Crippen LogP contribution in [-0.4, -0.2) is 19.0 Å². The summed E-state index contributed by atoms with van der Waals surface area (Å²) in [7, 11) is 0. The zero-order valence-corrected chi connectivity index (χ0v) is 12.0. The van der Waals surface area contributed by atoms with Crippen LogP contribution in [0, 0.1) is 11.0 Å². The van der Waals surface area contributed by atoms with E-state index >= 15 is 0 Å². The first-order chi connectivity index (χ1) is 9.47. The van der Waals surface area contributed by atoms with Crippen LogP contribution in [0.5, 0.6) is 0 Å². The quantitative estimate of drug-likeness (QED) is 0.704. The molecule has 7 heteroatoms. The van der Waals surface area contributed by atoms with E-state index in [1.165, 1.54) is 12.3 Å². The van der Waals surface area contributed by atoms with Crippen molar-refractivity contribution in [2.45, 2.75) is 0 Å². The third kappa shape index (κ3) is 3.44. The molecule has 1 aliphatic rings. The molecule has 1 unspecified atom stereocenters. The standard InChI is InChI=1S/C13H13BrFN3O2/c14-9-1-2-12(11(15)5-9)17-6-8-3-4-18(20)7-10(8)13(16)19/h1-3,5,7,17-18H,4,6H2,(H2,16,19). The lowest BCUT2D eigenvalue weighted by atomic mass is 10.0. The van der Waals surface area contributed by atoms with Gasteiger partial charge in [0.1, 0.15) is 18.6 Å². The minimum Gasteiger partial charge on any atom is -0.629 e. The Bertz CT molecular complexity index is 601. The fraction of sp³-hybridized carbons (Fsp3) is 0.154. The summed E-state index contributed by atoms with van der Waals surface area (Å²) in [6, 6.07) is 4.63. The molecule has 0 aliphatic carbocycles. The molecule has 0 saturated carbocycles. The van der Waals surface area contributed by atoms with Crippen molar-refractivity contribution < 1.29 is 14.2 Å². The molecule has 0 aromatic heterocycles. The number of quaternary nitrogens is 1. The number of primary amides is 1. The molecule has 20 heavy (non-hydrogen) atoms. The SMILES string of the molecule is NC(=O)C1=C[NH+]([O-])CC=C1CNc1ccc(Br)cc1F. The Kier molecular flexibility index (Phi) is 4.53. The number of anilines is 1. The van der Waals surface area contributed by atoms with Gasteiger partial charge in [-0.25, -0.2) is 4.39 Å².